The van der Waals surface area contributed by atoms with Gasteiger partial charge in [-0.05, 0) is 47.6 Å². The minimum atomic E-state index is -0.260. The molecule has 1 aromatic heterocycles. The molecule has 2 nitrogen and oxygen atoms in total. The van der Waals surface area contributed by atoms with Crippen LogP contribution < -0.4 is 0 Å². The molecule has 0 unspecified atom stereocenters. The molecule has 0 fully saturated rings. The smallest absolute Gasteiger partial charge is 0.161 e. The largest absolute Gasteiger partial charge is 0.232 e. The van der Waals surface area contributed by atoms with Crippen LogP contribution in [0.1, 0.15) is 18.2 Å². The first-order chi connectivity index (χ1) is 8.52. The maximum absolute atomic E-state index is 13.5. The summed E-state index contributed by atoms with van der Waals surface area (Å²) in [7, 11) is 0. The van der Waals surface area contributed by atoms with Crippen LogP contribution in [0.2, 0.25) is 5.15 Å². The summed E-state index contributed by atoms with van der Waals surface area (Å²) in [6.07, 6.45) is 0.766. The van der Waals surface area contributed by atoms with Gasteiger partial charge in [0.2, 0.25) is 0 Å². The number of aryl methyl sites for hydroxylation is 2. The van der Waals surface area contributed by atoms with E-state index in [-0.39, 0.29) is 5.82 Å². The van der Waals surface area contributed by atoms with Crippen LogP contribution in [0.5, 0.6) is 0 Å². The Morgan fingerprint density at radius 1 is 1.33 bits per heavy atom. The quantitative estimate of drug-likeness (QED) is 0.573. The molecular weight excluding hydrogens is 366 g/mol. The third-order valence-corrected chi connectivity index (χ3v) is 4.37. The normalized spacial score (nSPS) is 10.7. The van der Waals surface area contributed by atoms with Crippen molar-refractivity contribution in [3.8, 4) is 11.4 Å². The van der Waals surface area contributed by atoms with E-state index in [2.05, 4.69) is 32.6 Å². The molecule has 0 spiro atoms. The zero-order valence-electron chi connectivity index (χ0n) is 9.97. The molecule has 0 radical (unpaired) electrons. The van der Waals surface area contributed by atoms with Crippen LogP contribution in [0.15, 0.2) is 18.2 Å². The van der Waals surface area contributed by atoms with Gasteiger partial charge in [-0.3, -0.25) is 0 Å². The molecule has 0 bridgehead atoms. The van der Waals surface area contributed by atoms with E-state index < -0.39 is 0 Å². The maximum Gasteiger partial charge on any atom is 0.161 e. The zero-order chi connectivity index (χ0) is 13.3. The number of halogens is 3. The van der Waals surface area contributed by atoms with Crippen molar-refractivity contribution in [2.75, 3.05) is 0 Å². The number of nitrogens with zero attached hydrogens (tertiary/aromatic N) is 2. The molecule has 2 rings (SSSR count). The average molecular weight is 377 g/mol. The van der Waals surface area contributed by atoms with Crippen molar-refractivity contribution >= 4 is 34.2 Å². The van der Waals surface area contributed by atoms with Crippen molar-refractivity contribution in [1.82, 2.24) is 9.97 Å². The van der Waals surface area contributed by atoms with Gasteiger partial charge in [-0.25, -0.2) is 14.4 Å². The standard InChI is InChI=1S/C13H11ClFIN2/c1-3-10-11(16)12(14)18-13(17-10)8-5-4-7(2)9(15)6-8/h4-6H,3H2,1-2H3. The number of hydrogen-bond donors (Lipinski definition) is 0. The van der Waals surface area contributed by atoms with Gasteiger partial charge in [0, 0.05) is 5.56 Å². The van der Waals surface area contributed by atoms with Crippen LogP contribution in [0, 0.1) is 16.3 Å². The number of benzene rings is 1. The highest BCUT2D eigenvalue weighted by molar-refractivity contribution is 14.1. The van der Waals surface area contributed by atoms with Gasteiger partial charge in [0.25, 0.3) is 0 Å². The lowest BCUT2D eigenvalue weighted by Crippen LogP contribution is -2.00. The summed E-state index contributed by atoms with van der Waals surface area (Å²) in [5.74, 6) is 0.208. The summed E-state index contributed by atoms with van der Waals surface area (Å²) in [4.78, 5) is 8.63. The minimum Gasteiger partial charge on any atom is -0.232 e. The Balaban J connectivity index is 2.57. The molecule has 0 saturated carbocycles. The van der Waals surface area contributed by atoms with Crippen LogP contribution >= 0.6 is 34.2 Å². The molecule has 0 N–H and O–H groups in total. The maximum atomic E-state index is 13.5. The summed E-state index contributed by atoms with van der Waals surface area (Å²) in [6, 6.07) is 4.95. The van der Waals surface area contributed by atoms with E-state index in [1.54, 1.807) is 19.1 Å². The summed E-state index contributed by atoms with van der Waals surface area (Å²) in [5.41, 5.74) is 2.13. The fourth-order valence-corrected chi connectivity index (χ4v) is 2.37. The van der Waals surface area contributed by atoms with Crippen molar-refractivity contribution < 1.29 is 4.39 Å². The summed E-state index contributed by atoms with van der Waals surface area (Å²) < 4.78 is 14.4. The molecule has 18 heavy (non-hydrogen) atoms. The van der Waals surface area contributed by atoms with E-state index in [9.17, 15) is 4.39 Å². The predicted molar refractivity (Wildman–Crippen MR) is 79.3 cm³/mol. The highest BCUT2D eigenvalue weighted by Gasteiger charge is 2.11. The van der Waals surface area contributed by atoms with E-state index in [0.717, 1.165) is 15.7 Å². The van der Waals surface area contributed by atoms with Gasteiger partial charge in [0.05, 0.1) is 9.26 Å². The molecule has 0 atom stereocenters. The number of rotatable bonds is 2. The SMILES string of the molecule is CCc1nc(-c2ccc(C)c(F)c2)nc(Cl)c1I. The Labute approximate surface area is 124 Å². The molecule has 0 saturated heterocycles. The van der Waals surface area contributed by atoms with Gasteiger partial charge in [0.15, 0.2) is 5.82 Å². The second-order valence-corrected chi connectivity index (χ2v) is 5.35. The summed E-state index contributed by atoms with van der Waals surface area (Å²) >= 11 is 8.19. The van der Waals surface area contributed by atoms with Crippen LogP contribution in [0.3, 0.4) is 0 Å². The Kier molecular flexibility index (Phi) is 4.17. The average Bonchev–Trinajstić information content (AvgIpc) is 2.36. The number of hydrogen-bond acceptors (Lipinski definition) is 2. The van der Waals surface area contributed by atoms with Gasteiger partial charge >= 0.3 is 0 Å². The molecule has 0 amide bonds. The molecule has 1 heterocycles. The topological polar surface area (TPSA) is 25.8 Å². The highest BCUT2D eigenvalue weighted by atomic mass is 127. The molecule has 5 heteroatoms. The Bertz CT molecular complexity index is 602. The number of aromatic nitrogens is 2. The van der Waals surface area contributed by atoms with Gasteiger partial charge < -0.3 is 0 Å². The summed E-state index contributed by atoms with van der Waals surface area (Å²) in [5, 5.41) is 0.415. The predicted octanol–water partition coefficient (Wildman–Crippen LogP) is 4.41. The van der Waals surface area contributed by atoms with Crippen LogP contribution in [-0.4, -0.2) is 9.97 Å². The van der Waals surface area contributed by atoms with Gasteiger partial charge in [-0.2, -0.15) is 0 Å². The minimum absolute atomic E-state index is 0.260. The van der Waals surface area contributed by atoms with Crippen molar-refractivity contribution in [2.45, 2.75) is 20.3 Å². The van der Waals surface area contributed by atoms with Gasteiger partial charge in [-0.15, -0.1) is 0 Å². The third kappa shape index (κ3) is 2.64. The van der Waals surface area contributed by atoms with Crippen LogP contribution in [-0.2, 0) is 6.42 Å². The zero-order valence-corrected chi connectivity index (χ0v) is 12.9. The van der Waals surface area contributed by atoms with E-state index in [0.29, 0.717) is 22.1 Å². The fourth-order valence-electron chi connectivity index (χ4n) is 1.56. The van der Waals surface area contributed by atoms with Gasteiger partial charge in [0.1, 0.15) is 11.0 Å². The van der Waals surface area contributed by atoms with Gasteiger partial charge in [-0.1, -0.05) is 30.7 Å². The molecular formula is C13H11ClFIN2. The molecule has 0 aliphatic heterocycles. The highest BCUT2D eigenvalue weighted by Crippen LogP contribution is 2.25. The fraction of sp³-hybridized carbons (Fsp3) is 0.231. The van der Waals surface area contributed by atoms with E-state index in [4.69, 9.17) is 11.6 Å². The van der Waals surface area contributed by atoms with Crippen molar-refractivity contribution in [1.29, 1.82) is 0 Å². The van der Waals surface area contributed by atoms with Crippen LogP contribution in [0.4, 0.5) is 4.39 Å². The van der Waals surface area contributed by atoms with E-state index in [1.807, 2.05) is 6.92 Å². The molecule has 2 aromatic rings. The first kappa shape index (κ1) is 13.7. The van der Waals surface area contributed by atoms with Crippen molar-refractivity contribution in [2.24, 2.45) is 0 Å². The van der Waals surface area contributed by atoms with Crippen molar-refractivity contribution in [3.05, 3.63) is 44.0 Å². The lowest BCUT2D eigenvalue weighted by molar-refractivity contribution is 0.619. The van der Waals surface area contributed by atoms with Crippen LogP contribution in [0.25, 0.3) is 11.4 Å². The second kappa shape index (κ2) is 5.48. The molecule has 1 aromatic carbocycles. The molecule has 0 aliphatic rings. The first-order valence-corrected chi connectivity index (χ1v) is 6.97. The summed E-state index contributed by atoms with van der Waals surface area (Å²) in [6.45, 7) is 3.72. The lowest BCUT2D eigenvalue weighted by Gasteiger charge is -2.07. The molecule has 94 valence electrons. The Morgan fingerprint density at radius 2 is 2.06 bits per heavy atom. The Hall–Kier alpha value is -0.750. The third-order valence-electron chi connectivity index (χ3n) is 2.64. The van der Waals surface area contributed by atoms with Crippen molar-refractivity contribution in [3.63, 3.8) is 0 Å². The molecule has 0 aliphatic carbocycles. The van der Waals surface area contributed by atoms with E-state index in [1.165, 1.54) is 6.07 Å². The van der Waals surface area contributed by atoms with E-state index >= 15 is 0 Å². The second-order valence-electron chi connectivity index (χ2n) is 3.92. The monoisotopic (exact) mass is 376 g/mol. The lowest BCUT2D eigenvalue weighted by atomic mass is 10.1. The Morgan fingerprint density at radius 3 is 2.67 bits per heavy atom. The first-order valence-electron chi connectivity index (χ1n) is 5.51.